The first-order valence-corrected chi connectivity index (χ1v) is 9.62. The number of aromatic nitrogens is 1. The van der Waals surface area contributed by atoms with Gasteiger partial charge in [0, 0.05) is 30.6 Å². The van der Waals surface area contributed by atoms with Gasteiger partial charge in [0.1, 0.15) is 0 Å². The van der Waals surface area contributed by atoms with Gasteiger partial charge in [-0.25, -0.2) is 4.98 Å². The van der Waals surface area contributed by atoms with E-state index in [1.54, 1.807) is 12.1 Å². The lowest BCUT2D eigenvalue weighted by molar-refractivity contribution is -0.384. The van der Waals surface area contributed by atoms with Crippen LogP contribution < -0.4 is 4.90 Å². The highest BCUT2D eigenvalue weighted by atomic mass is 35.5. The topological polar surface area (TPSA) is 59.3 Å². The number of benzene rings is 2. The second-order valence-electron chi connectivity index (χ2n) is 7.15. The summed E-state index contributed by atoms with van der Waals surface area (Å²) in [6.45, 7) is 1.66. The molecule has 2 aromatic carbocycles. The molecular formula is C21H19ClFN3O2. The number of nitro groups is 1. The van der Waals surface area contributed by atoms with Gasteiger partial charge in [-0.05, 0) is 48.9 Å². The van der Waals surface area contributed by atoms with Crippen molar-refractivity contribution in [1.82, 2.24) is 4.98 Å². The Balaban J connectivity index is 1.45. The molecular weight excluding hydrogens is 381 g/mol. The zero-order valence-electron chi connectivity index (χ0n) is 15.1. The molecule has 1 aliphatic rings. The molecule has 0 saturated carbocycles. The van der Waals surface area contributed by atoms with Gasteiger partial charge in [-0.3, -0.25) is 10.1 Å². The maximum Gasteiger partial charge on any atom is 0.271 e. The van der Waals surface area contributed by atoms with Crippen LogP contribution in [0.25, 0.3) is 10.9 Å². The summed E-state index contributed by atoms with van der Waals surface area (Å²) < 4.78 is 13.6. The van der Waals surface area contributed by atoms with E-state index >= 15 is 0 Å². The predicted molar refractivity (Wildman–Crippen MR) is 108 cm³/mol. The number of halogens is 2. The third-order valence-corrected chi connectivity index (χ3v) is 5.68. The summed E-state index contributed by atoms with van der Waals surface area (Å²) in [5.74, 6) is 0.0197. The lowest BCUT2D eigenvalue weighted by Gasteiger charge is -2.34. The lowest BCUT2D eigenvalue weighted by Crippen LogP contribution is -2.34. The van der Waals surface area contributed by atoms with Crippen LogP contribution in [0.15, 0.2) is 48.5 Å². The fourth-order valence-corrected chi connectivity index (χ4v) is 4.20. The third kappa shape index (κ3) is 3.78. The third-order valence-electron chi connectivity index (χ3n) is 5.38. The lowest BCUT2D eigenvalue weighted by atomic mass is 9.89. The summed E-state index contributed by atoms with van der Waals surface area (Å²) in [4.78, 5) is 16.7. The highest BCUT2D eigenvalue weighted by molar-refractivity contribution is 6.33. The number of nitro benzene ring substituents is 1. The van der Waals surface area contributed by atoms with Crippen LogP contribution >= 0.6 is 11.6 Å². The molecule has 28 heavy (non-hydrogen) atoms. The van der Waals surface area contributed by atoms with Crippen molar-refractivity contribution in [3.63, 3.8) is 0 Å². The zero-order valence-corrected chi connectivity index (χ0v) is 15.9. The number of hydrogen-bond donors (Lipinski definition) is 0. The van der Waals surface area contributed by atoms with Crippen molar-refractivity contribution >= 4 is 33.9 Å². The average molecular weight is 400 g/mol. The quantitative estimate of drug-likeness (QED) is 0.335. The zero-order chi connectivity index (χ0) is 19.7. The maximum atomic E-state index is 13.6. The Bertz CT molecular complexity index is 1040. The van der Waals surface area contributed by atoms with Crippen molar-refractivity contribution in [3.8, 4) is 0 Å². The number of pyridine rings is 1. The molecule has 3 aromatic rings. The number of hydrogen-bond acceptors (Lipinski definition) is 4. The Hall–Kier alpha value is -2.73. The van der Waals surface area contributed by atoms with E-state index in [2.05, 4.69) is 9.88 Å². The summed E-state index contributed by atoms with van der Waals surface area (Å²) >= 11 is 6.26. The predicted octanol–water partition coefficient (Wildman–Crippen LogP) is 5.39. The highest BCUT2D eigenvalue weighted by Gasteiger charge is 2.23. The fourth-order valence-electron chi connectivity index (χ4n) is 3.90. The van der Waals surface area contributed by atoms with Gasteiger partial charge in [-0.15, -0.1) is 0 Å². The Labute approximate surface area is 166 Å². The first-order chi connectivity index (χ1) is 13.5. The van der Waals surface area contributed by atoms with Crippen LogP contribution in [0.4, 0.5) is 15.8 Å². The number of para-hydroxylation sites is 1. The smallest absolute Gasteiger partial charge is 0.271 e. The molecule has 0 bridgehead atoms. The van der Waals surface area contributed by atoms with Crippen LogP contribution in [-0.4, -0.2) is 23.0 Å². The molecule has 0 amide bonds. The van der Waals surface area contributed by atoms with Crippen LogP contribution in [-0.2, 0) is 6.42 Å². The fraction of sp³-hybridized carbons (Fsp3) is 0.286. The van der Waals surface area contributed by atoms with Gasteiger partial charge in [-0.1, -0.05) is 29.8 Å². The summed E-state index contributed by atoms with van der Waals surface area (Å²) in [7, 11) is 0. The molecule has 1 fully saturated rings. The Kier molecular flexibility index (Phi) is 5.13. The van der Waals surface area contributed by atoms with Crippen LogP contribution in [0, 0.1) is 22.0 Å². The van der Waals surface area contributed by atoms with Crippen molar-refractivity contribution in [2.75, 3.05) is 18.0 Å². The SMILES string of the molecule is O=[N+]([O-])c1ccc(N2CCC(Cc3cccc4ccc(F)nc34)CC2)c(Cl)c1. The minimum Gasteiger partial charge on any atom is -0.370 e. The molecule has 0 unspecified atom stereocenters. The summed E-state index contributed by atoms with van der Waals surface area (Å²) in [5, 5.41) is 12.2. The van der Waals surface area contributed by atoms with E-state index < -0.39 is 10.9 Å². The molecule has 1 saturated heterocycles. The van der Waals surface area contributed by atoms with Crippen molar-refractivity contribution in [2.24, 2.45) is 5.92 Å². The molecule has 1 aliphatic heterocycles. The van der Waals surface area contributed by atoms with Crippen molar-refractivity contribution in [3.05, 3.63) is 75.2 Å². The summed E-state index contributed by atoms with van der Waals surface area (Å²) in [6.07, 6.45) is 2.80. The van der Waals surface area contributed by atoms with Gasteiger partial charge >= 0.3 is 0 Å². The van der Waals surface area contributed by atoms with E-state index in [0.29, 0.717) is 10.9 Å². The molecule has 144 valence electrons. The van der Waals surface area contributed by atoms with Gasteiger partial charge < -0.3 is 4.90 Å². The number of non-ortho nitro benzene ring substituents is 1. The van der Waals surface area contributed by atoms with Gasteiger partial charge in [0.15, 0.2) is 0 Å². The van der Waals surface area contributed by atoms with E-state index in [-0.39, 0.29) is 5.69 Å². The summed E-state index contributed by atoms with van der Waals surface area (Å²) in [6, 6.07) is 13.7. The maximum absolute atomic E-state index is 13.6. The number of nitrogens with zero attached hydrogens (tertiary/aromatic N) is 3. The number of piperidine rings is 1. The van der Waals surface area contributed by atoms with E-state index in [1.165, 1.54) is 18.2 Å². The standard InChI is InChI=1S/C21H19ClFN3O2/c22-18-13-17(26(27)28)5-6-19(18)25-10-8-14(9-11-25)12-16-3-1-2-15-4-7-20(23)24-21(15)16/h1-7,13-14H,8-12H2. The first kappa shape index (κ1) is 18.6. The normalized spacial score (nSPS) is 15.1. The van der Waals surface area contributed by atoms with Gasteiger partial charge in [0.05, 0.1) is 21.2 Å². The molecule has 1 aromatic heterocycles. The molecule has 0 atom stereocenters. The van der Waals surface area contributed by atoms with Crippen LogP contribution in [0.1, 0.15) is 18.4 Å². The van der Waals surface area contributed by atoms with E-state index in [9.17, 15) is 14.5 Å². The largest absolute Gasteiger partial charge is 0.370 e. The van der Waals surface area contributed by atoms with E-state index in [4.69, 9.17) is 11.6 Å². The second kappa shape index (κ2) is 7.72. The van der Waals surface area contributed by atoms with Crippen molar-refractivity contribution in [2.45, 2.75) is 19.3 Å². The Morgan fingerprint density at radius 1 is 1.18 bits per heavy atom. The molecule has 0 aliphatic carbocycles. The van der Waals surface area contributed by atoms with E-state index in [1.807, 2.05) is 18.2 Å². The number of fused-ring (bicyclic) bond motifs is 1. The Morgan fingerprint density at radius 2 is 1.96 bits per heavy atom. The molecule has 7 heteroatoms. The second-order valence-corrected chi connectivity index (χ2v) is 7.56. The molecule has 0 spiro atoms. The van der Waals surface area contributed by atoms with Crippen LogP contribution in [0.2, 0.25) is 5.02 Å². The average Bonchev–Trinajstić information content (AvgIpc) is 2.69. The van der Waals surface area contributed by atoms with Crippen molar-refractivity contribution < 1.29 is 9.31 Å². The number of anilines is 1. The molecule has 4 rings (SSSR count). The minimum absolute atomic E-state index is 0.000626. The summed E-state index contributed by atoms with van der Waals surface area (Å²) in [5.41, 5.74) is 2.64. The molecule has 5 nitrogen and oxygen atoms in total. The Morgan fingerprint density at radius 3 is 2.68 bits per heavy atom. The van der Waals surface area contributed by atoms with E-state index in [0.717, 1.165) is 54.5 Å². The highest BCUT2D eigenvalue weighted by Crippen LogP contribution is 2.33. The van der Waals surface area contributed by atoms with Crippen LogP contribution in [0.3, 0.4) is 0 Å². The van der Waals surface area contributed by atoms with Crippen molar-refractivity contribution in [1.29, 1.82) is 0 Å². The minimum atomic E-state index is -0.456. The number of rotatable bonds is 4. The van der Waals surface area contributed by atoms with Gasteiger partial charge in [0.25, 0.3) is 5.69 Å². The first-order valence-electron chi connectivity index (χ1n) is 9.24. The molecule has 2 heterocycles. The monoisotopic (exact) mass is 399 g/mol. The van der Waals surface area contributed by atoms with Crippen LogP contribution in [0.5, 0.6) is 0 Å². The van der Waals surface area contributed by atoms with Gasteiger partial charge in [0.2, 0.25) is 5.95 Å². The molecule has 0 N–H and O–H groups in total. The molecule has 0 radical (unpaired) electrons. The van der Waals surface area contributed by atoms with Gasteiger partial charge in [-0.2, -0.15) is 4.39 Å².